The van der Waals surface area contributed by atoms with Crippen LogP contribution in [0.25, 0.3) is 22.0 Å². The van der Waals surface area contributed by atoms with E-state index in [4.69, 9.17) is 21.4 Å². The lowest BCUT2D eigenvalue weighted by molar-refractivity contribution is -0.143. The average molecular weight is 1300 g/mol. The summed E-state index contributed by atoms with van der Waals surface area (Å²) in [5, 5.41) is 19.8. The van der Waals surface area contributed by atoms with Crippen molar-refractivity contribution >= 4 is 80.0 Å². The number of alkyl carbamates (subject to hydrolysis) is 1. The second-order valence-electron chi connectivity index (χ2n) is 20.2. The van der Waals surface area contributed by atoms with E-state index in [0.29, 0.717) is 17.2 Å². The fourth-order valence-corrected chi connectivity index (χ4v) is 10.8. The van der Waals surface area contributed by atoms with Crippen LogP contribution in [0, 0.1) is 17.6 Å². The Morgan fingerprint density at radius 3 is 2.15 bits per heavy atom. The number of fused-ring (bicyclic) bond motifs is 2. The lowest BCUT2D eigenvalue weighted by atomic mass is 9.93. The van der Waals surface area contributed by atoms with Crippen molar-refractivity contribution in [2.75, 3.05) is 43.2 Å². The molecule has 1 aliphatic rings. The van der Waals surface area contributed by atoms with Gasteiger partial charge in [-0.15, -0.1) is 0 Å². The number of sulfone groups is 1. The number of urea groups is 1. The van der Waals surface area contributed by atoms with Gasteiger partial charge in [-0.1, -0.05) is 30.7 Å². The molecule has 4 amide bonds. The largest absolute Gasteiger partial charge is 0.481 e. The summed E-state index contributed by atoms with van der Waals surface area (Å²) in [6.07, 6.45) is -13.7. The van der Waals surface area contributed by atoms with E-state index in [9.17, 15) is 80.8 Å². The number of ether oxygens (including phenoxy) is 1. The fourth-order valence-electron chi connectivity index (χ4n) is 9.04. The van der Waals surface area contributed by atoms with Crippen LogP contribution in [-0.2, 0) is 87.7 Å². The van der Waals surface area contributed by atoms with E-state index < -0.39 is 213 Å². The molecule has 0 spiro atoms. The molecular weight excluding hydrogens is 1250 g/mol. The highest BCUT2D eigenvalue weighted by Gasteiger charge is 2.54. The highest BCUT2D eigenvalue weighted by Crippen LogP contribution is 2.50. The first-order valence-corrected chi connectivity index (χ1v) is 30.5. The second kappa shape index (κ2) is 25.4. The molecule has 0 saturated heterocycles. The molecular formula is C48H53ClF10N9O14PS2. The molecule has 37 heteroatoms. The van der Waals surface area contributed by atoms with Gasteiger partial charge < -0.3 is 35.2 Å². The molecule has 6 rings (SSSR count). The van der Waals surface area contributed by atoms with E-state index in [1.54, 1.807) is 0 Å². The zero-order chi connectivity index (χ0) is 63.7. The van der Waals surface area contributed by atoms with Crippen molar-refractivity contribution in [1.29, 1.82) is 0 Å². The molecule has 468 valence electrons. The van der Waals surface area contributed by atoms with Gasteiger partial charge in [0, 0.05) is 66.7 Å². The standard InChI is InChI=1S/C48H53ClF10N9O14PS2/c1-25-17-32-40(48(57,58)59)63-66(41(32)47(25,55)56)22-35(69)62-34(20-26-18-27(50)21-28(51)19-26)38-30(9-8-29(61-38)12-13-45(2,3)84(4,77)78)31-10-11-33(49)37-39(31)67(23-46(52,53)54)64-42(37)68(85(5,79)80)44(73)65(15-6-7-36(70)71)16-14-60-43(72)81-24-82-83(74,75)76/h8-11,18-19,21,25,34H,6-7,12-17,20,22-24H2,1-5H3,(H,60,72)(H,62,69)(H,70,71)(H2,74,75,76)/t25-,34+/m1/s1. The summed E-state index contributed by atoms with van der Waals surface area (Å²) in [7, 11) is -14.1. The number of anilines is 1. The molecule has 5 N–H and O–H groups in total. The third kappa shape index (κ3) is 16.7. The Balaban J connectivity index is 1.59. The molecule has 5 aromatic rings. The van der Waals surface area contributed by atoms with Crippen LogP contribution >= 0.6 is 19.4 Å². The number of hydrogen-bond donors (Lipinski definition) is 5. The lowest BCUT2D eigenvalue weighted by Gasteiger charge is -2.28. The molecule has 1 aliphatic carbocycles. The zero-order valence-corrected chi connectivity index (χ0v) is 48.3. The van der Waals surface area contributed by atoms with Crippen LogP contribution in [0.2, 0.25) is 5.02 Å². The van der Waals surface area contributed by atoms with Gasteiger partial charge >= 0.3 is 38.3 Å². The van der Waals surface area contributed by atoms with Crippen molar-refractivity contribution in [2.45, 2.75) is 101 Å². The van der Waals surface area contributed by atoms with Gasteiger partial charge in [0.25, 0.3) is 5.92 Å². The SMILES string of the molecule is C[C@@H]1Cc2c(C(F)(F)F)nn(CC(=O)N[C@@H](Cc3cc(F)cc(F)c3)c3nc(CCC(C)(C)S(C)(=O)=O)ccc3-c3ccc(Cl)c4c(N(C(=O)N(CCCC(=O)O)CCNC(=O)OCOP(=O)(O)O)S(C)(=O)=O)nn(CC(F)(F)F)c34)c2C1(F)F. The van der Waals surface area contributed by atoms with Gasteiger partial charge in [0.15, 0.2) is 21.3 Å². The molecule has 0 unspecified atom stereocenters. The minimum absolute atomic E-state index is 0.0303. The predicted molar refractivity (Wildman–Crippen MR) is 280 cm³/mol. The third-order valence-electron chi connectivity index (χ3n) is 13.3. The Morgan fingerprint density at radius 2 is 1.58 bits per heavy atom. The number of rotatable bonds is 24. The number of aliphatic carboxylic acids is 1. The van der Waals surface area contributed by atoms with Crippen molar-refractivity contribution in [3.05, 3.63) is 93.0 Å². The van der Waals surface area contributed by atoms with Gasteiger partial charge in [-0.05, 0) is 75.8 Å². The summed E-state index contributed by atoms with van der Waals surface area (Å²) >= 11 is 6.73. The third-order valence-corrected chi connectivity index (χ3v) is 17.3. The minimum atomic E-state index is -5.29. The number of aryl methyl sites for hydroxylation is 1. The number of nitrogens with zero attached hydrogens (tertiary/aromatic N) is 7. The van der Waals surface area contributed by atoms with E-state index >= 15 is 8.78 Å². The Kier molecular flexibility index (Phi) is 20.1. The Morgan fingerprint density at radius 1 is 0.941 bits per heavy atom. The number of carboxylic acid groups (broad SMARTS) is 1. The van der Waals surface area contributed by atoms with Crippen LogP contribution in [-0.4, -0.2) is 135 Å². The van der Waals surface area contributed by atoms with Crippen LogP contribution in [0.4, 0.5) is 59.3 Å². The zero-order valence-electron chi connectivity index (χ0n) is 45.1. The number of nitrogens with one attached hydrogen (secondary N) is 2. The molecule has 0 bridgehead atoms. The summed E-state index contributed by atoms with van der Waals surface area (Å²) in [6, 6.07) is 2.97. The Hall–Kier alpha value is -6.65. The van der Waals surface area contributed by atoms with Crippen LogP contribution < -0.4 is 14.9 Å². The molecule has 0 saturated carbocycles. The number of halogens is 11. The van der Waals surface area contributed by atoms with Gasteiger partial charge in [-0.25, -0.2) is 44.3 Å². The van der Waals surface area contributed by atoms with Crippen LogP contribution in [0.1, 0.15) is 80.0 Å². The average Bonchev–Trinajstić information content (AvgIpc) is 1.66. The van der Waals surface area contributed by atoms with Crippen molar-refractivity contribution in [2.24, 2.45) is 5.92 Å². The minimum Gasteiger partial charge on any atom is -0.481 e. The summed E-state index contributed by atoms with van der Waals surface area (Å²) < 4.78 is 220. The molecule has 3 heterocycles. The maximum atomic E-state index is 15.7. The molecule has 2 aromatic carbocycles. The van der Waals surface area contributed by atoms with Gasteiger partial charge in [0.2, 0.25) is 22.7 Å². The first-order valence-electron chi connectivity index (χ1n) is 24.9. The van der Waals surface area contributed by atoms with E-state index in [1.807, 2.05) is 0 Å². The maximum Gasteiger partial charge on any atom is 0.472 e. The van der Waals surface area contributed by atoms with Gasteiger partial charge in [-0.3, -0.25) is 23.9 Å². The Labute approximate surface area is 481 Å². The number of sulfonamides is 1. The number of carbonyl (C=O) groups excluding carboxylic acids is 3. The molecule has 0 fully saturated rings. The molecule has 23 nitrogen and oxygen atoms in total. The number of alkyl halides is 8. The van der Waals surface area contributed by atoms with Crippen molar-refractivity contribution < 1.29 is 109 Å². The van der Waals surface area contributed by atoms with Crippen molar-refractivity contribution in [3.8, 4) is 11.1 Å². The monoisotopic (exact) mass is 1300 g/mol. The predicted octanol–water partition coefficient (Wildman–Crippen LogP) is 7.79. The summed E-state index contributed by atoms with van der Waals surface area (Å²) in [4.78, 5) is 75.8. The lowest BCUT2D eigenvalue weighted by Crippen LogP contribution is -2.49. The highest BCUT2D eigenvalue weighted by atomic mass is 35.5. The number of pyridine rings is 1. The number of aromatic nitrogens is 5. The smallest absolute Gasteiger partial charge is 0.472 e. The normalized spacial score (nSPS) is 15.2. The topological polar surface area (TPSA) is 312 Å². The molecule has 0 aliphatic heterocycles. The van der Waals surface area contributed by atoms with E-state index in [1.165, 1.54) is 26.0 Å². The number of hydrogen-bond acceptors (Lipinski definition) is 14. The van der Waals surface area contributed by atoms with Gasteiger partial charge in [-0.2, -0.15) is 49.6 Å². The van der Waals surface area contributed by atoms with Crippen LogP contribution in [0.5, 0.6) is 0 Å². The summed E-state index contributed by atoms with van der Waals surface area (Å²) in [5.74, 6) is -12.0. The number of benzene rings is 2. The van der Waals surface area contributed by atoms with Crippen molar-refractivity contribution in [3.63, 3.8) is 0 Å². The van der Waals surface area contributed by atoms with E-state index in [0.717, 1.165) is 37.4 Å². The van der Waals surface area contributed by atoms with Crippen LogP contribution in [0.15, 0.2) is 42.5 Å². The van der Waals surface area contributed by atoms with E-state index in [-0.39, 0.29) is 43.3 Å². The second-order valence-corrected chi connectivity index (χ2v) is 26.4. The molecule has 2 atom stereocenters. The maximum absolute atomic E-state index is 15.7. The Bertz CT molecular complexity index is 3660. The molecule has 3 aromatic heterocycles. The fraction of sp³-hybridized carbons (Fsp3) is 0.479. The number of amides is 4. The van der Waals surface area contributed by atoms with E-state index in [2.05, 4.69) is 35.1 Å². The quantitative estimate of drug-likeness (QED) is 0.0223. The summed E-state index contributed by atoms with van der Waals surface area (Å²) in [5.41, 5.74) is -6.21. The number of carbonyl (C=O) groups is 4. The number of phosphoric ester groups is 1. The highest BCUT2D eigenvalue weighted by molar-refractivity contribution is 7.93. The molecule has 0 radical (unpaired) electrons. The number of carboxylic acids is 1. The molecule has 85 heavy (non-hydrogen) atoms. The first kappa shape index (κ1) is 67.5. The van der Waals surface area contributed by atoms with Gasteiger partial charge in [0.1, 0.15) is 30.4 Å². The first-order chi connectivity index (χ1) is 39.0. The number of phosphoric acid groups is 1. The van der Waals surface area contributed by atoms with Gasteiger partial charge in [0.05, 0.1) is 38.7 Å². The van der Waals surface area contributed by atoms with Crippen LogP contribution in [0.3, 0.4) is 0 Å². The van der Waals surface area contributed by atoms with Crippen molar-refractivity contribution in [1.82, 2.24) is 40.1 Å². The summed E-state index contributed by atoms with van der Waals surface area (Å²) in [6.45, 7) is -3.13.